The molecule has 0 atom stereocenters. The van der Waals surface area contributed by atoms with E-state index in [0.29, 0.717) is 0 Å². The Labute approximate surface area is 270 Å². The van der Waals surface area contributed by atoms with Crippen molar-refractivity contribution in [3.8, 4) is 5.75 Å². The molecule has 0 fully saturated rings. The van der Waals surface area contributed by atoms with Gasteiger partial charge in [-0.15, -0.1) is 0 Å². The monoisotopic (exact) mass is 618 g/mol. The fourth-order valence-electron chi connectivity index (χ4n) is 4.93. The highest BCUT2D eigenvalue weighted by Gasteiger charge is 2.17. The molecule has 0 bridgehead atoms. The normalized spacial score (nSPS) is 11.6. The second-order valence-electron chi connectivity index (χ2n) is 13.5. The minimum absolute atomic E-state index is 0.0387. The van der Waals surface area contributed by atoms with Gasteiger partial charge in [0, 0.05) is 0 Å². The van der Waals surface area contributed by atoms with E-state index in [1.54, 1.807) is 12.1 Å². The lowest BCUT2D eigenvalue weighted by atomic mass is 9.86. The van der Waals surface area contributed by atoms with E-state index >= 15 is 0 Å². The molecule has 0 saturated carbocycles. The Morgan fingerprint density at radius 1 is 0.489 bits per heavy atom. The minimum atomic E-state index is -3.62. The van der Waals surface area contributed by atoms with E-state index in [2.05, 4.69) is 114 Å². The predicted octanol–water partition coefficient (Wildman–Crippen LogP) is 9.96. The first kappa shape index (κ1) is 33.7. The molecule has 0 aromatic heterocycles. The lowest BCUT2D eigenvalue weighted by Gasteiger charge is -2.19. The summed E-state index contributed by atoms with van der Waals surface area (Å²) in [6.45, 7) is 13.2. The van der Waals surface area contributed by atoms with Gasteiger partial charge in [0.15, 0.2) is 0 Å². The molecular formula is C41H46O3S. The van der Waals surface area contributed by atoms with E-state index in [4.69, 9.17) is 0 Å². The highest BCUT2D eigenvalue weighted by molar-refractivity contribution is 7.91. The number of rotatable bonds is 8. The van der Waals surface area contributed by atoms with Crippen LogP contribution in [0.1, 0.15) is 80.5 Å². The second-order valence-corrected chi connectivity index (χ2v) is 15.4. The summed E-state index contributed by atoms with van der Waals surface area (Å²) in [6, 6.07) is 39.1. The molecule has 3 nitrogen and oxygen atoms in total. The summed E-state index contributed by atoms with van der Waals surface area (Å²) >= 11 is 0. The van der Waals surface area contributed by atoms with Gasteiger partial charge in [-0.25, -0.2) is 8.42 Å². The third-order valence-corrected chi connectivity index (χ3v) is 9.26. The van der Waals surface area contributed by atoms with Crippen molar-refractivity contribution in [1.29, 1.82) is 0 Å². The second kappa shape index (κ2) is 14.8. The molecule has 0 radical (unpaired) electrons. The molecular weight excluding hydrogens is 573 g/mol. The molecule has 5 aromatic carbocycles. The number of phenols is 1. The summed E-state index contributed by atoms with van der Waals surface area (Å²) in [5.41, 5.74) is 8.94. The van der Waals surface area contributed by atoms with Crippen molar-refractivity contribution in [2.45, 2.75) is 76.0 Å². The Balaban J connectivity index is 0.00000109. The van der Waals surface area contributed by atoms with E-state index < -0.39 is 9.84 Å². The van der Waals surface area contributed by atoms with Crippen LogP contribution in [0.25, 0.3) is 0 Å². The summed E-state index contributed by atoms with van der Waals surface area (Å²) in [5.74, 6) is 0.872. The maximum absolute atomic E-state index is 12.9. The van der Waals surface area contributed by atoms with E-state index in [9.17, 15) is 13.5 Å². The maximum Gasteiger partial charge on any atom is 0.206 e. The van der Waals surface area contributed by atoms with Crippen molar-refractivity contribution in [3.63, 3.8) is 0 Å². The zero-order valence-electron chi connectivity index (χ0n) is 27.4. The fraction of sp³-hybridized carbons (Fsp3) is 0.268. The van der Waals surface area contributed by atoms with Crippen LogP contribution < -0.4 is 0 Å². The quantitative estimate of drug-likeness (QED) is 0.188. The summed E-state index contributed by atoms with van der Waals surface area (Å²) < 4.78 is 25.7. The van der Waals surface area contributed by atoms with E-state index in [-0.39, 0.29) is 21.0 Å². The third kappa shape index (κ3) is 9.92. The smallest absolute Gasteiger partial charge is 0.206 e. The summed E-state index contributed by atoms with van der Waals surface area (Å²) in [5, 5.41) is 9.45. The minimum Gasteiger partial charge on any atom is -0.508 e. The van der Waals surface area contributed by atoms with Crippen LogP contribution in [-0.4, -0.2) is 13.5 Å². The Morgan fingerprint density at radius 3 is 1.02 bits per heavy atom. The molecule has 1 N–H and O–H groups in total. The van der Waals surface area contributed by atoms with Crippen LogP contribution in [0.5, 0.6) is 5.75 Å². The standard InChI is InChI=1S/C37H36O3S.C4H10/c1-37(2,3)33-16-12-31(13-17-33)25-29-8-4-27(5-9-29)24-28-6-10-30(11-7-28)26-32-14-20-35(21-15-32)41(39,40)36-22-18-34(38)19-23-36;1-4(2)3/h4-23,38H,24-26H2,1-3H3;4H,1-3H3. The SMILES string of the molecule is CC(C)(C)c1ccc(Cc2ccc(Cc3ccc(Cc4ccc(S(=O)(=O)c5ccc(O)cc5)cc4)cc3)cc2)cc1.CC(C)C. The first-order chi connectivity index (χ1) is 21.3. The molecule has 0 spiro atoms. The molecule has 234 valence electrons. The van der Waals surface area contributed by atoms with E-state index in [1.807, 2.05) is 12.1 Å². The molecule has 4 heteroatoms. The van der Waals surface area contributed by atoms with Crippen LogP contribution in [-0.2, 0) is 34.5 Å². The van der Waals surface area contributed by atoms with Crippen LogP contribution in [0.3, 0.4) is 0 Å². The van der Waals surface area contributed by atoms with Gasteiger partial charge in [0.2, 0.25) is 9.84 Å². The van der Waals surface area contributed by atoms with Gasteiger partial charge in [-0.2, -0.15) is 0 Å². The van der Waals surface area contributed by atoms with Gasteiger partial charge < -0.3 is 5.11 Å². The molecule has 0 amide bonds. The lowest BCUT2D eigenvalue weighted by Crippen LogP contribution is -2.10. The van der Waals surface area contributed by atoms with Crippen molar-refractivity contribution in [3.05, 3.63) is 160 Å². The van der Waals surface area contributed by atoms with Gasteiger partial charge in [-0.3, -0.25) is 0 Å². The Kier molecular flexibility index (Phi) is 11.1. The van der Waals surface area contributed by atoms with Crippen molar-refractivity contribution < 1.29 is 13.5 Å². The number of aromatic hydroxyl groups is 1. The average molecular weight is 619 g/mol. The molecule has 0 aliphatic rings. The van der Waals surface area contributed by atoms with Crippen molar-refractivity contribution in [2.75, 3.05) is 0 Å². The summed E-state index contributed by atoms with van der Waals surface area (Å²) in [4.78, 5) is 0.408. The highest BCUT2D eigenvalue weighted by atomic mass is 32.2. The lowest BCUT2D eigenvalue weighted by molar-refractivity contribution is 0.475. The molecule has 0 heterocycles. The van der Waals surface area contributed by atoms with Gasteiger partial charge in [-0.05, 0) is 106 Å². The van der Waals surface area contributed by atoms with E-state index in [0.717, 1.165) is 30.7 Å². The third-order valence-electron chi connectivity index (χ3n) is 7.47. The van der Waals surface area contributed by atoms with Crippen molar-refractivity contribution in [2.24, 2.45) is 5.92 Å². The van der Waals surface area contributed by atoms with Crippen LogP contribution in [0.4, 0.5) is 0 Å². The number of hydrogen-bond donors (Lipinski definition) is 1. The molecule has 0 unspecified atom stereocenters. The van der Waals surface area contributed by atoms with Crippen molar-refractivity contribution >= 4 is 9.84 Å². The van der Waals surface area contributed by atoms with Crippen molar-refractivity contribution in [1.82, 2.24) is 0 Å². The zero-order valence-corrected chi connectivity index (χ0v) is 28.2. The Bertz CT molecular complexity index is 1740. The molecule has 5 aromatic rings. The Morgan fingerprint density at radius 2 is 0.733 bits per heavy atom. The fourth-order valence-corrected chi connectivity index (χ4v) is 6.19. The molecule has 0 saturated heterocycles. The summed E-state index contributed by atoms with van der Waals surface area (Å²) in [6.07, 6.45) is 2.54. The molecule has 0 aliphatic carbocycles. The van der Waals surface area contributed by atoms with Crippen LogP contribution in [0.2, 0.25) is 0 Å². The van der Waals surface area contributed by atoms with Crippen LogP contribution in [0, 0.1) is 5.92 Å². The Hall–Kier alpha value is -4.15. The van der Waals surface area contributed by atoms with Gasteiger partial charge in [0.1, 0.15) is 5.75 Å². The number of sulfone groups is 1. The zero-order chi connectivity index (χ0) is 32.6. The largest absolute Gasteiger partial charge is 0.508 e. The average Bonchev–Trinajstić information content (AvgIpc) is 2.99. The first-order valence-corrected chi connectivity index (χ1v) is 17.2. The number of benzene rings is 5. The molecule has 0 aliphatic heterocycles. The van der Waals surface area contributed by atoms with Gasteiger partial charge in [0.05, 0.1) is 9.79 Å². The maximum atomic E-state index is 12.9. The number of phenolic OH excluding ortho intramolecular Hbond substituents is 1. The van der Waals surface area contributed by atoms with E-state index in [1.165, 1.54) is 57.6 Å². The molecule has 5 rings (SSSR count). The van der Waals surface area contributed by atoms with Gasteiger partial charge >= 0.3 is 0 Å². The summed E-state index contributed by atoms with van der Waals surface area (Å²) in [7, 11) is -3.62. The predicted molar refractivity (Wildman–Crippen MR) is 187 cm³/mol. The van der Waals surface area contributed by atoms with Gasteiger partial charge in [0.25, 0.3) is 0 Å². The number of hydrogen-bond acceptors (Lipinski definition) is 3. The first-order valence-electron chi connectivity index (χ1n) is 15.7. The molecule has 45 heavy (non-hydrogen) atoms. The topological polar surface area (TPSA) is 54.4 Å². The highest BCUT2D eigenvalue weighted by Crippen LogP contribution is 2.25. The van der Waals surface area contributed by atoms with Crippen LogP contribution >= 0.6 is 0 Å². The van der Waals surface area contributed by atoms with Crippen LogP contribution in [0.15, 0.2) is 131 Å². The van der Waals surface area contributed by atoms with Gasteiger partial charge in [-0.1, -0.05) is 126 Å².